The smallest absolute Gasteiger partial charge is 0.249 e. The average Bonchev–Trinajstić information content (AvgIpc) is 3.11. The van der Waals surface area contributed by atoms with E-state index in [0.717, 1.165) is 31.6 Å². The lowest BCUT2D eigenvalue weighted by Crippen LogP contribution is -2.43. The number of carbonyl (C=O) groups excluding carboxylic acids is 1. The van der Waals surface area contributed by atoms with Gasteiger partial charge in [0.1, 0.15) is 6.10 Å². The minimum absolute atomic E-state index is 0. The minimum atomic E-state index is -0.977. The molecule has 2 N–H and O–H groups in total. The van der Waals surface area contributed by atoms with Gasteiger partial charge >= 0.3 is 0 Å². The molecule has 2 aromatic rings. The van der Waals surface area contributed by atoms with E-state index in [9.17, 15) is 9.90 Å². The van der Waals surface area contributed by atoms with Crippen LogP contribution in [0.1, 0.15) is 42.4 Å². The van der Waals surface area contributed by atoms with Crippen molar-refractivity contribution in [3.05, 3.63) is 71.3 Å². The number of aliphatic hydroxyl groups is 1. The Morgan fingerprint density at radius 2 is 1.73 bits per heavy atom. The molecule has 0 bridgehead atoms. The highest BCUT2D eigenvalue weighted by Crippen LogP contribution is 2.46. The largest absolute Gasteiger partial charge is 0.383 e. The second-order valence-corrected chi connectivity index (χ2v) is 8.63. The Morgan fingerprint density at radius 3 is 2.50 bits per heavy atom. The van der Waals surface area contributed by atoms with Gasteiger partial charge in [0.15, 0.2) is 0 Å². The second-order valence-electron chi connectivity index (χ2n) is 8.63. The van der Waals surface area contributed by atoms with Gasteiger partial charge < -0.3 is 15.3 Å². The van der Waals surface area contributed by atoms with E-state index >= 15 is 0 Å². The van der Waals surface area contributed by atoms with E-state index in [-0.39, 0.29) is 18.3 Å². The van der Waals surface area contributed by atoms with E-state index in [1.54, 1.807) is 11.1 Å². The maximum atomic E-state index is 12.1. The predicted octanol–water partition coefficient (Wildman–Crippen LogP) is 3.50. The van der Waals surface area contributed by atoms with Crippen molar-refractivity contribution < 1.29 is 9.90 Å². The fraction of sp³-hybridized carbons (Fsp3) is 0.480. The average molecular weight is 429 g/mol. The van der Waals surface area contributed by atoms with Crippen molar-refractivity contribution in [2.24, 2.45) is 0 Å². The van der Waals surface area contributed by atoms with E-state index in [1.165, 1.54) is 25.7 Å². The molecule has 0 radical (unpaired) electrons. The first-order valence-corrected chi connectivity index (χ1v) is 11.0. The maximum Gasteiger partial charge on any atom is 0.249 e. The van der Waals surface area contributed by atoms with Crippen LogP contribution in [0.2, 0.25) is 0 Å². The fourth-order valence-electron chi connectivity index (χ4n) is 5.05. The number of nitrogens with one attached hydrogen (secondary N) is 1. The van der Waals surface area contributed by atoms with Crippen molar-refractivity contribution in [2.45, 2.75) is 50.0 Å². The summed E-state index contributed by atoms with van der Waals surface area (Å²) in [6.45, 7) is 3.90. The number of aliphatic hydroxyl groups excluding tert-OH is 1. The van der Waals surface area contributed by atoms with Crippen molar-refractivity contribution in [2.75, 3.05) is 26.2 Å². The van der Waals surface area contributed by atoms with Crippen LogP contribution in [0.5, 0.6) is 0 Å². The van der Waals surface area contributed by atoms with E-state index < -0.39 is 6.10 Å². The summed E-state index contributed by atoms with van der Waals surface area (Å²) in [6.07, 6.45) is 5.33. The van der Waals surface area contributed by atoms with Crippen LogP contribution in [0.15, 0.2) is 54.6 Å². The predicted molar refractivity (Wildman–Crippen MR) is 123 cm³/mol. The standard InChI is InChI=1S/C25H32N2O2.ClH/c28-23(19-20-7-2-1-3-8-20)24(29)26-15-6-16-27-17-13-25(14-18-27)12-11-21-9-4-5-10-22(21)25;/h1-5,7-10,23,28H,6,11-19H2,(H,26,29);1H/t23-;/m0./s1. The van der Waals surface area contributed by atoms with Crippen LogP contribution >= 0.6 is 12.4 Å². The Balaban J connectivity index is 0.00000256. The van der Waals surface area contributed by atoms with Crippen LogP contribution in [-0.2, 0) is 23.1 Å². The number of hydrogen-bond donors (Lipinski definition) is 2. The van der Waals surface area contributed by atoms with Crippen LogP contribution in [0.3, 0.4) is 0 Å². The number of nitrogens with zero attached hydrogens (tertiary/aromatic N) is 1. The maximum absolute atomic E-state index is 12.1. The second kappa shape index (κ2) is 10.4. The number of rotatable bonds is 7. The summed E-state index contributed by atoms with van der Waals surface area (Å²) in [5.41, 5.74) is 4.53. The molecule has 1 amide bonds. The van der Waals surface area contributed by atoms with Gasteiger partial charge in [0.05, 0.1) is 0 Å². The van der Waals surface area contributed by atoms with Gasteiger partial charge in [-0.25, -0.2) is 0 Å². The first-order valence-electron chi connectivity index (χ1n) is 11.0. The number of hydrogen-bond acceptors (Lipinski definition) is 3. The number of halogens is 1. The number of carbonyl (C=O) groups is 1. The topological polar surface area (TPSA) is 52.6 Å². The highest BCUT2D eigenvalue weighted by atomic mass is 35.5. The third-order valence-corrected chi connectivity index (χ3v) is 6.80. The third kappa shape index (κ3) is 5.23. The lowest BCUT2D eigenvalue weighted by molar-refractivity contribution is -0.129. The summed E-state index contributed by atoms with van der Waals surface area (Å²) in [7, 11) is 0. The van der Waals surface area contributed by atoms with Gasteiger partial charge in [0.2, 0.25) is 5.91 Å². The normalized spacial score (nSPS) is 18.4. The molecule has 4 nitrogen and oxygen atoms in total. The molecule has 2 aromatic carbocycles. The first kappa shape index (κ1) is 22.8. The van der Waals surface area contributed by atoms with Gasteiger partial charge in [-0.3, -0.25) is 4.79 Å². The fourth-order valence-corrected chi connectivity index (χ4v) is 5.05. The quantitative estimate of drug-likeness (QED) is 0.663. The monoisotopic (exact) mass is 428 g/mol. The van der Waals surface area contributed by atoms with Crippen LogP contribution in [-0.4, -0.2) is 48.2 Å². The van der Waals surface area contributed by atoms with Crippen molar-refractivity contribution in [3.8, 4) is 0 Å². The highest BCUT2D eigenvalue weighted by molar-refractivity contribution is 5.85. The lowest BCUT2D eigenvalue weighted by atomic mass is 9.74. The van der Waals surface area contributed by atoms with Crippen LogP contribution in [0, 0.1) is 0 Å². The number of benzene rings is 2. The molecular weight excluding hydrogens is 396 g/mol. The Morgan fingerprint density at radius 1 is 1.03 bits per heavy atom. The van der Waals surface area contributed by atoms with Crippen LogP contribution in [0.4, 0.5) is 0 Å². The summed E-state index contributed by atoms with van der Waals surface area (Å²) < 4.78 is 0. The molecule has 1 saturated heterocycles. The summed E-state index contributed by atoms with van der Waals surface area (Å²) in [4.78, 5) is 14.6. The van der Waals surface area contributed by atoms with Crippen molar-refractivity contribution in [3.63, 3.8) is 0 Å². The molecule has 1 aliphatic carbocycles. The molecule has 0 saturated carbocycles. The molecule has 4 rings (SSSR count). The van der Waals surface area contributed by atoms with Gasteiger partial charge in [-0.15, -0.1) is 12.4 Å². The minimum Gasteiger partial charge on any atom is -0.383 e. The van der Waals surface area contributed by atoms with Gasteiger partial charge in [0, 0.05) is 13.0 Å². The zero-order valence-electron chi connectivity index (χ0n) is 17.6. The molecule has 0 aromatic heterocycles. The van der Waals surface area contributed by atoms with Crippen molar-refractivity contribution in [1.29, 1.82) is 0 Å². The van der Waals surface area contributed by atoms with E-state index in [2.05, 4.69) is 34.5 Å². The Bertz CT molecular complexity index is 819. The summed E-state index contributed by atoms with van der Waals surface area (Å²) in [5, 5.41) is 13.0. The van der Waals surface area contributed by atoms with E-state index in [1.807, 2.05) is 30.3 Å². The molecule has 162 valence electrons. The van der Waals surface area contributed by atoms with Gasteiger partial charge in [-0.1, -0.05) is 54.6 Å². The first-order chi connectivity index (χ1) is 14.2. The molecule has 1 aliphatic heterocycles. The molecule has 2 aliphatic rings. The number of aryl methyl sites for hydroxylation is 1. The van der Waals surface area contributed by atoms with Gasteiger partial charge in [-0.2, -0.15) is 0 Å². The molecule has 5 heteroatoms. The SMILES string of the molecule is Cl.O=C(NCCCN1CCC2(CCc3ccccc32)CC1)[C@@H](O)Cc1ccccc1. The Kier molecular flexibility index (Phi) is 7.93. The lowest BCUT2D eigenvalue weighted by Gasteiger charge is -2.40. The molecular formula is C25H33ClN2O2. The molecule has 1 spiro atoms. The highest BCUT2D eigenvalue weighted by Gasteiger charge is 2.40. The van der Waals surface area contributed by atoms with E-state index in [0.29, 0.717) is 18.4 Å². The zero-order chi connectivity index (χ0) is 20.1. The van der Waals surface area contributed by atoms with Crippen LogP contribution in [0.25, 0.3) is 0 Å². The summed E-state index contributed by atoms with van der Waals surface area (Å²) >= 11 is 0. The Hall–Kier alpha value is -1.88. The molecule has 1 atom stereocenters. The number of piperidine rings is 1. The summed E-state index contributed by atoms with van der Waals surface area (Å²) in [6, 6.07) is 18.6. The van der Waals surface area contributed by atoms with E-state index in [4.69, 9.17) is 0 Å². The molecule has 1 heterocycles. The third-order valence-electron chi connectivity index (χ3n) is 6.80. The van der Waals surface area contributed by atoms with Crippen molar-refractivity contribution >= 4 is 18.3 Å². The Labute approximate surface area is 186 Å². The molecule has 30 heavy (non-hydrogen) atoms. The van der Waals surface area contributed by atoms with Crippen molar-refractivity contribution in [1.82, 2.24) is 10.2 Å². The number of likely N-dealkylation sites (tertiary alicyclic amines) is 1. The molecule has 1 fully saturated rings. The van der Waals surface area contributed by atoms with Crippen LogP contribution < -0.4 is 5.32 Å². The molecule has 0 unspecified atom stereocenters. The zero-order valence-corrected chi connectivity index (χ0v) is 18.4. The number of amides is 1. The van der Waals surface area contributed by atoms with Gasteiger partial charge in [-0.05, 0) is 73.8 Å². The summed E-state index contributed by atoms with van der Waals surface area (Å²) in [5.74, 6) is -0.269. The van der Waals surface area contributed by atoms with Gasteiger partial charge in [0.25, 0.3) is 0 Å². The number of fused-ring (bicyclic) bond motifs is 2.